The number of furan rings is 1. The minimum Gasteiger partial charge on any atom is -0.458 e. The second kappa shape index (κ2) is 7.59. The van der Waals surface area contributed by atoms with Gasteiger partial charge in [-0.25, -0.2) is 0 Å². The normalized spacial score (nSPS) is 13.4. The summed E-state index contributed by atoms with van der Waals surface area (Å²) in [5, 5.41) is 11.5. The minimum atomic E-state index is -0.578. The van der Waals surface area contributed by atoms with E-state index < -0.39 is 6.10 Å². The molecule has 0 amide bonds. The van der Waals surface area contributed by atoms with Gasteiger partial charge in [0.05, 0.1) is 0 Å². The SMILES string of the molecule is CCCN(CCN(C)C)CC(O)c1cc2ccccc2o1. The van der Waals surface area contributed by atoms with Gasteiger partial charge < -0.3 is 14.4 Å². The summed E-state index contributed by atoms with van der Waals surface area (Å²) >= 11 is 0. The van der Waals surface area contributed by atoms with E-state index in [0.717, 1.165) is 37.0 Å². The zero-order valence-corrected chi connectivity index (χ0v) is 13.2. The standard InChI is InChI=1S/C17H26N2O2/c1-4-9-19(11-10-18(2)3)13-15(20)17-12-14-7-5-6-8-16(14)21-17/h5-8,12,15,20H,4,9-11,13H2,1-3H3. The van der Waals surface area contributed by atoms with Crippen LogP contribution in [0.25, 0.3) is 11.0 Å². The lowest BCUT2D eigenvalue weighted by molar-refractivity contribution is 0.0922. The summed E-state index contributed by atoms with van der Waals surface area (Å²) in [6.45, 7) is 5.72. The molecule has 0 aliphatic heterocycles. The number of likely N-dealkylation sites (N-methyl/N-ethyl adjacent to an activating group) is 1. The first-order chi connectivity index (χ1) is 10.1. The van der Waals surface area contributed by atoms with Crippen molar-refractivity contribution in [2.75, 3.05) is 40.3 Å². The maximum atomic E-state index is 10.4. The Morgan fingerprint density at radius 1 is 1.14 bits per heavy atom. The molecule has 1 aromatic carbocycles. The highest BCUT2D eigenvalue weighted by atomic mass is 16.4. The molecule has 4 heteroatoms. The Labute approximate surface area is 127 Å². The molecule has 0 aliphatic rings. The van der Waals surface area contributed by atoms with Crippen molar-refractivity contribution in [1.29, 1.82) is 0 Å². The van der Waals surface area contributed by atoms with Crippen LogP contribution in [0.5, 0.6) is 0 Å². The van der Waals surface area contributed by atoms with Gasteiger partial charge in [0, 0.05) is 25.0 Å². The summed E-state index contributed by atoms with van der Waals surface area (Å²) in [5.41, 5.74) is 0.835. The molecule has 1 heterocycles. The van der Waals surface area contributed by atoms with Crippen molar-refractivity contribution in [1.82, 2.24) is 9.80 Å². The smallest absolute Gasteiger partial charge is 0.135 e. The Morgan fingerprint density at radius 3 is 2.57 bits per heavy atom. The third kappa shape index (κ3) is 4.56. The number of hydrogen-bond acceptors (Lipinski definition) is 4. The predicted molar refractivity (Wildman–Crippen MR) is 86.5 cm³/mol. The van der Waals surface area contributed by atoms with Crippen molar-refractivity contribution in [3.8, 4) is 0 Å². The van der Waals surface area contributed by atoms with Gasteiger partial charge in [0.15, 0.2) is 0 Å². The third-order valence-corrected chi connectivity index (χ3v) is 3.61. The van der Waals surface area contributed by atoms with Crippen molar-refractivity contribution >= 4 is 11.0 Å². The molecule has 1 atom stereocenters. The fraction of sp³-hybridized carbons (Fsp3) is 0.529. The van der Waals surface area contributed by atoms with E-state index >= 15 is 0 Å². The van der Waals surface area contributed by atoms with Crippen LogP contribution in [0.1, 0.15) is 25.2 Å². The van der Waals surface area contributed by atoms with Crippen molar-refractivity contribution < 1.29 is 9.52 Å². The monoisotopic (exact) mass is 290 g/mol. The topological polar surface area (TPSA) is 39.9 Å². The van der Waals surface area contributed by atoms with Gasteiger partial charge in [-0.2, -0.15) is 0 Å². The molecule has 0 aliphatic carbocycles. The average Bonchev–Trinajstić information content (AvgIpc) is 2.89. The molecular weight excluding hydrogens is 264 g/mol. The third-order valence-electron chi connectivity index (χ3n) is 3.61. The fourth-order valence-corrected chi connectivity index (χ4v) is 2.45. The van der Waals surface area contributed by atoms with E-state index in [1.165, 1.54) is 0 Å². The zero-order chi connectivity index (χ0) is 15.2. The first kappa shape index (κ1) is 16.0. The molecule has 0 saturated heterocycles. The molecule has 21 heavy (non-hydrogen) atoms. The van der Waals surface area contributed by atoms with Crippen molar-refractivity contribution in [3.05, 3.63) is 36.1 Å². The molecule has 0 saturated carbocycles. The molecule has 2 rings (SSSR count). The summed E-state index contributed by atoms with van der Waals surface area (Å²) in [6.07, 6.45) is 0.506. The number of aliphatic hydroxyl groups is 1. The maximum absolute atomic E-state index is 10.4. The van der Waals surface area contributed by atoms with Gasteiger partial charge in [-0.1, -0.05) is 25.1 Å². The van der Waals surface area contributed by atoms with Crippen LogP contribution < -0.4 is 0 Å². The summed E-state index contributed by atoms with van der Waals surface area (Å²) in [6, 6.07) is 9.80. The van der Waals surface area contributed by atoms with Crippen molar-refractivity contribution in [3.63, 3.8) is 0 Å². The summed E-state index contributed by atoms with van der Waals surface area (Å²) in [5.74, 6) is 0.655. The minimum absolute atomic E-state index is 0.578. The van der Waals surface area contributed by atoms with Gasteiger partial charge in [0.25, 0.3) is 0 Å². The van der Waals surface area contributed by atoms with Gasteiger partial charge in [-0.05, 0) is 39.2 Å². The number of aliphatic hydroxyl groups excluding tert-OH is 1. The highest BCUT2D eigenvalue weighted by Gasteiger charge is 2.17. The second-order valence-corrected chi connectivity index (χ2v) is 5.81. The Bertz CT molecular complexity index is 517. The number of rotatable bonds is 8. The van der Waals surface area contributed by atoms with Crippen molar-refractivity contribution in [2.45, 2.75) is 19.4 Å². The van der Waals surface area contributed by atoms with E-state index in [4.69, 9.17) is 4.42 Å². The molecule has 0 bridgehead atoms. The summed E-state index contributed by atoms with van der Waals surface area (Å²) in [4.78, 5) is 4.45. The second-order valence-electron chi connectivity index (χ2n) is 5.81. The molecule has 1 unspecified atom stereocenters. The van der Waals surface area contributed by atoms with Crippen LogP contribution in [0.15, 0.2) is 34.7 Å². The van der Waals surface area contributed by atoms with Crippen molar-refractivity contribution in [2.24, 2.45) is 0 Å². The Morgan fingerprint density at radius 2 is 1.90 bits per heavy atom. The largest absolute Gasteiger partial charge is 0.458 e. The highest BCUT2D eigenvalue weighted by molar-refractivity contribution is 5.77. The molecular formula is C17H26N2O2. The van der Waals surface area contributed by atoms with Gasteiger partial charge >= 0.3 is 0 Å². The molecule has 1 aromatic heterocycles. The average molecular weight is 290 g/mol. The van der Waals surface area contributed by atoms with Crippen LogP contribution in [0.2, 0.25) is 0 Å². The van der Waals surface area contributed by atoms with Crippen LogP contribution in [0, 0.1) is 0 Å². The Balaban J connectivity index is 2.01. The summed E-state index contributed by atoms with van der Waals surface area (Å²) < 4.78 is 5.75. The lowest BCUT2D eigenvalue weighted by Gasteiger charge is -2.25. The van der Waals surface area contributed by atoms with Gasteiger partial charge in [0.2, 0.25) is 0 Å². The molecule has 0 radical (unpaired) electrons. The highest BCUT2D eigenvalue weighted by Crippen LogP contribution is 2.24. The van der Waals surface area contributed by atoms with E-state index in [2.05, 4.69) is 30.8 Å². The molecule has 0 fully saturated rings. The van der Waals surface area contributed by atoms with Gasteiger partial charge in [-0.15, -0.1) is 0 Å². The molecule has 116 valence electrons. The fourth-order valence-electron chi connectivity index (χ4n) is 2.45. The first-order valence-electron chi connectivity index (χ1n) is 7.63. The van der Waals surface area contributed by atoms with E-state index in [0.29, 0.717) is 12.3 Å². The quantitative estimate of drug-likeness (QED) is 0.811. The Kier molecular flexibility index (Phi) is 5.79. The molecule has 1 N–H and O–H groups in total. The molecule has 0 spiro atoms. The van der Waals surface area contributed by atoms with Crippen LogP contribution >= 0.6 is 0 Å². The Hall–Kier alpha value is -1.36. The maximum Gasteiger partial charge on any atom is 0.135 e. The molecule has 2 aromatic rings. The number of benzene rings is 1. The number of fused-ring (bicyclic) bond motifs is 1. The van der Waals surface area contributed by atoms with Crippen LogP contribution in [0.4, 0.5) is 0 Å². The number of hydrogen-bond donors (Lipinski definition) is 1. The summed E-state index contributed by atoms with van der Waals surface area (Å²) in [7, 11) is 4.14. The lowest BCUT2D eigenvalue weighted by Crippen LogP contribution is -2.35. The molecule has 4 nitrogen and oxygen atoms in total. The van der Waals surface area contributed by atoms with E-state index in [1.807, 2.05) is 30.3 Å². The van der Waals surface area contributed by atoms with Crippen LogP contribution in [-0.4, -0.2) is 55.2 Å². The van der Waals surface area contributed by atoms with E-state index in [9.17, 15) is 5.11 Å². The van der Waals surface area contributed by atoms with Crippen LogP contribution in [-0.2, 0) is 0 Å². The van der Waals surface area contributed by atoms with Gasteiger partial charge in [-0.3, -0.25) is 4.90 Å². The van der Waals surface area contributed by atoms with E-state index in [1.54, 1.807) is 0 Å². The van der Waals surface area contributed by atoms with Crippen LogP contribution in [0.3, 0.4) is 0 Å². The zero-order valence-electron chi connectivity index (χ0n) is 13.2. The number of para-hydroxylation sites is 1. The predicted octanol–water partition coefficient (Wildman–Crippen LogP) is 2.74. The number of nitrogens with zero attached hydrogens (tertiary/aromatic N) is 2. The first-order valence-corrected chi connectivity index (χ1v) is 7.63. The lowest BCUT2D eigenvalue weighted by atomic mass is 10.2. The van der Waals surface area contributed by atoms with Gasteiger partial charge in [0.1, 0.15) is 17.4 Å². The van der Waals surface area contributed by atoms with E-state index in [-0.39, 0.29) is 0 Å².